The maximum Gasteiger partial charge on any atom is 0.0972 e. The molecule has 0 radical (unpaired) electrons. The van der Waals surface area contributed by atoms with E-state index < -0.39 is 5.60 Å². The molecule has 1 rings (SSSR count). The molecule has 1 unspecified atom stereocenters. The molecule has 0 saturated heterocycles. The van der Waals surface area contributed by atoms with Gasteiger partial charge in [-0.3, -0.25) is 0 Å². The second kappa shape index (κ2) is 5.55. The summed E-state index contributed by atoms with van der Waals surface area (Å²) < 4.78 is 0. The molecule has 0 aliphatic heterocycles. The lowest BCUT2D eigenvalue weighted by molar-refractivity contribution is 0.00249. The molecule has 0 aliphatic carbocycles. The Labute approximate surface area is 94.0 Å². The summed E-state index contributed by atoms with van der Waals surface area (Å²) in [6.07, 6.45) is 0.957. The highest BCUT2D eigenvalue weighted by Crippen LogP contribution is 2.10. The van der Waals surface area contributed by atoms with Gasteiger partial charge in [0.2, 0.25) is 0 Å². The fourth-order valence-electron chi connectivity index (χ4n) is 1.11. The van der Waals surface area contributed by atoms with Crippen molar-refractivity contribution in [2.45, 2.75) is 32.4 Å². The Morgan fingerprint density at radius 2 is 2.33 bits per heavy atom. The van der Waals surface area contributed by atoms with Gasteiger partial charge in [-0.05, 0) is 13.3 Å². The molecule has 0 aliphatic rings. The molecule has 5 heteroatoms. The van der Waals surface area contributed by atoms with E-state index in [9.17, 15) is 5.11 Å². The Morgan fingerprint density at radius 3 is 2.87 bits per heavy atom. The van der Waals surface area contributed by atoms with E-state index in [1.807, 2.05) is 5.38 Å². The molecule has 0 spiro atoms. The Bertz CT molecular complexity index is 299. The van der Waals surface area contributed by atoms with Gasteiger partial charge in [0.05, 0.1) is 22.9 Å². The van der Waals surface area contributed by atoms with Crippen molar-refractivity contribution >= 4 is 11.3 Å². The number of nitrogens with zero attached hydrogens (tertiary/aromatic N) is 1. The normalized spacial score (nSPS) is 15.2. The van der Waals surface area contributed by atoms with Crippen LogP contribution in [0.5, 0.6) is 0 Å². The molecule has 1 heterocycles. The van der Waals surface area contributed by atoms with Crippen molar-refractivity contribution in [3.8, 4) is 0 Å². The predicted molar refractivity (Wildman–Crippen MR) is 60.9 cm³/mol. The van der Waals surface area contributed by atoms with E-state index in [2.05, 4.69) is 17.2 Å². The number of hydrogen-bond donors (Lipinski definition) is 3. The van der Waals surface area contributed by atoms with Crippen LogP contribution in [0.1, 0.15) is 24.5 Å². The number of nitrogens with one attached hydrogen (secondary N) is 1. The van der Waals surface area contributed by atoms with Gasteiger partial charge in [-0.15, -0.1) is 11.3 Å². The van der Waals surface area contributed by atoms with E-state index >= 15 is 0 Å². The molecular weight excluding hydrogens is 212 g/mol. The van der Waals surface area contributed by atoms with Crippen molar-refractivity contribution < 1.29 is 10.2 Å². The number of aryl methyl sites for hydroxylation is 1. The van der Waals surface area contributed by atoms with Crippen LogP contribution in [0.3, 0.4) is 0 Å². The quantitative estimate of drug-likeness (QED) is 0.667. The van der Waals surface area contributed by atoms with Gasteiger partial charge in [0.25, 0.3) is 0 Å². The van der Waals surface area contributed by atoms with Crippen molar-refractivity contribution in [2.75, 3.05) is 13.2 Å². The monoisotopic (exact) mass is 230 g/mol. The van der Waals surface area contributed by atoms with Crippen molar-refractivity contribution in [2.24, 2.45) is 0 Å². The third-order valence-corrected chi connectivity index (χ3v) is 3.10. The van der Waals surface area contributed by atoms with E-state index in [0.29, 0.717) is 13.1 Å². The minimum atomic E-state index is -1.05. The highest BCUT2D eigenvalue weighted by atomic mass is 32.1. The fourth-order valence-corrected chi connectivity index (χ4v) is 1.85. The lowest BCUT2D eigenvalue weighted by atomic mass is 10.1. The average molecular weight is 230 g/mol. The van der Waals surface area contributed by atoms with Crippen molar-refractivity contribution in [3.05, 3.63) is 16.1 Å². The average Bonchev–Trinajstić information content (AvgIpc) is 2.66. The van der Waals surface area contributed by atoms with Crippen molar-refractivity contribution in [1.82, 2.24) is 10.3 Å². The van der Waals surface area contributed by atoms with Crippen LogP contribution >= 0.6 is 11.3 Å². The van der Waals surface area contributed by atoms with Crippen LogP contribution in [-0.4, -0.2) is 33.9 Å². The second-order valence-electron chi connectivity index (χ2n) is 3.84. The summed E-state index contributed by atoms with van der Waals surface area (Å²) in [4.78, 5) is 4.39. The summed E-state index contributed by atoms with van der Waals surface area (Å²) in [7, 11) is 0. The Kier molecular flexibility index (Phi) is 4.66. The molecule has 15 heavy (non-hydrogen) atoms. The number of aromatic nitrogens is 1. The largest absolute Gasteiger partial charge is 0.393 e. The van der Waals surface area contributed by atoms with Gasteiger partial charge in [-0.25, -0.2) is 4.98 Å². The first-order valence-electron chi connectivity index (χ1n) is 5.04. The highest BCUT2D eigenvalue weighted by molar-refractivity contribution is 7.09. The molecular formula is C10H18N2O2S. The predicted octanol–water partition coefficient (Wildman–Crippen LogP) is 0.538. The lowest BCUT2D eigenvalue weighted by Crippen LogP contribution is -2.40. The summed E-state index contributed by atoms with van der Waals surface area (Å²) in [6.45, 7) is 4.43. The van der Waals surface area contributed by atoms with E-state index in [1.54, 1.807) is 18.3 Å². The smallest absolute Gasteiger partial charge is 0.0972 e. The van der Waals surface area contributed by atoms with Crippen molar-refractivity contribution in [1.29, 1.82) is 0 Å². The van der Waals surface area contributed by atoms with Crippen LogP contribution in [0.25, 0.3) is 0 Å². The zero-order valence-electron chi connectivity index (χ0n) is 9.16. The lowest BCUT2D eigenvalue weighted by Gasteiger charge is -2.20. The summed E-state index contributed by atoms with van der Waals surface area (Å²) in [5.41, 5.74) is -0.0607. The van der Waals surface area contributed by atoms with Gasteiger partial charge in [0, 0.05) is 18.5 Å². The zero-order valence-corrected chi connectivity index (χ0v) is 9.97. The van der Waals surface area contributed by atoms with Crippen LogP contribution in [0.2, 0.25) is 0 Å². The molecule has 0 aromatic carbocycles. The van der Waals surface area contributed by atoms with Gasteiger partial charge >= 0.3 is 0 Å². The third kappa shape index (κ3) is 4.25. The second-order valence-corrected chi connectivity index (χ2v) is 4.79. The standard InChI is InChI=1S/C10H18N2O2S/c1-3-9-12-8(5-15-9)4-11-6-10(2,14)7-13/h5,11,13-14H,3-4,6-7H2,1-2H3. The molecule has 0 amide bonds. The SMILES string of the molecule is CCc1nc(CNCC(C)(O)CO)cs1. The van der Waals surface area contributed by atoms with Crippen LogP contribution in [-0.2, 0) is 13.0 Å². The van der Waals surface area contributed by atoms with E-state index in [1.165, 1.54) is 0 Å². The van der Waals surface area contributed by atoms with Gasteiger partial charge < -0.3 is 15.5 Å². The van der Waals surface area contributed by atoms with E-state index in [4.69, 9.17) is 5.11 Å². The molecule has 4 nitrogen and oxygen atoms in total. The first kappa shape index (κ1) is 12.6. The summed E-state index contributed by atoms with van der Waals surface area (Å²) in [5, 5.41) is 24.6. The Balaban J connectivity index is 2.31. The number of aliphatic hydroxyl groups is 2. The molecule has 1 aromatic heterocycles. The summed E-state index contributed by atoms with van der Waals surface area (Å²) in [6, 6.07) is 0. The molecule has 86 valence electrons. The maximum absolute atomic E-state index is 9.52. The van der Waals surface area contributed by atoms with E-state index in [-0.39, 0.29) is 6.61 Å². The van der Waals surface area contributed by atoms with Crippen LogP contribution in [0, 0.1) is 0 Å². The zero-order chi connectivity index (χ0) is 11.3. The highest BCUT2D eigenvalue weighted by Gasteiger charge is 2.17. The van der Waals surface area contributed by atoms with Crippen molar-refractivity contribution in [3.63, 3.8) is 0 Å². The third-order valence-electron chi connectivity index (χ3n) is 2.05. The molecule has 1 atom stereocenters. The van der Waals surface area contributed by atoms with Crippen LogP contribution in [0.15, 0.2) is 5.38 Å². The molecule has 3 N–H and O–H groups in total. The Hall–Kier alpha value is -0.490. The summed E-state index contributed by atoms with van der Waals surface area (Å²) >= 11 is 1.65. The van der Waals surface area contributed by atoms with Gasteiger partial charge in [-0.2, -0.15) is 0 Å². The van der Waals surface area contributed by atoms with Crippen LogP contribution in [0.4, 0.5) is 0 Å². The van der Waals surface area contributed by atoms with E-state index in [0.717, 1.165) is 17.1 Å². The van der Waals surface area contributed by atoms with Crippen LogP contribution < -0.4 is 5.32 Å². The summed E-state index contributed by atoms with van der Waals surface area (Å²) in [5.74, 6) is 0. The fraction of sp³-hybridized carbons (Fsp3) is 0.700. The first-order valence-corrected chi connectivity index (χ1v) is 5.92. The first-order chi connectivity index (χ1) is 7.07. The number of hydrogen-bond acceptors (Lipinski definition) is 5. The topological polar surface area (TPSA) is 65.4 Å². The molecule has 0 bridgehead atoms. The minimum absolute atomic E-state index is 0.239. The molecule has 0 saturated carbocycles. The number of thiazole rings is 1. The van der Waals surface area contributed by atoms with Gasteiger partial charge in [0.1, 0.15) is 0 Å². The number of aliphatic hydroxyl groups excluding tert-OH is 1. The molecule has 1 aromatic rings. The molecule has 0 fully saturated rings. The minimum Gasteiger partial charge on any atom is -0.393 e. The van der Waals surface area contributed by atoms with Gasteiger partial charge in [-0.1, -0.05) is 6.92 Å². The number of rotatable bonds is 6. The Morgan fingerprint density at radius 1 is 1.60 bits per heavy atom. The van der Waals surface area contributed by atoms with Gasteiger partial charge in [0.15, 0.2) is 0 Å². The maximum atomic E-state index is 9.52.